The summed E-state index contributed by atoms with van der Waals surface area (Å²) in [4.78, 5) is 14.8. The Kier molecular flexibility index (Phi) is 6.18. The molecule has 0 aromatic heterocycles. The molecule has 0 heterocycles. The van der Waals surface area contributed by atoms with E-state index in [1.807, 2.05) is 0 Å². The fourth-order valence-corrected chi connectivity index (χ4v) is 2.57. The molecule has 0 aliphatic rings. The molecule has 0 fully saturated rings. The van der Waals surface area contributed by atoms with Crippen molar-refractivity contribution in [2.24, 2.45) is 0 Å². The van der Waals surface area contributed by atoms with Crippen LogP contribution in [0.25, 0.3) is 4.85 Å². The van der Waals surface area contributed by atoms with Crippen LogP contribution in [0, 0.1) is 12.4 Å². The van der Waals surface area contributed by atoms with Crippen molar-refractivity contribution in [3.8, 4) is 11.5 Å². The average molecular weight is 413 g/mol. The first-order valence-corrected chi connectivity index (χ1v) is 8.10. The summed E-state index contributed by atoms with van der Waals surface area (Å²) < 4.78 is 25.4. The molecular formula is C17H12BrClFNO3. The molecule has 0 spiro atoms. The first-order chi connectivity index (χ1) is 11.4. The van der Waals surface area contributed by atoms with E-state index in [2.05, 4.69) is 20.8 Å². The average Bonchev–Trinajstić information content (AvgIpc) is 2.54. The molecule has 0 atom stereocenters. The van der Waals surface area contributed by atoms with Crippen molar-refractivity contribution in [1.29, 1.82) is 0 Å². The molecule has 0 amide bonds. The number of rotatable bonds is 5. The highest BCUT2D eigenvalue weighted by molar-refractivity contribution is 9.10. The van der Waals surface area contributed by atoms with E-state index in [9.17, 15) is 9.18 Å². The van der Waals surface area contributed by atoms with Crippen LogP contribution in [0.1, 0.15) is 12.5 Å². The standard InChI is InChI=1S/C17H12BrClFNO3/c1-3-23-15(22)6-10-4-5-14(18)17(16(10)20)24-13-8-11(19)7-12(9-13)21-2/h4-5,7-9H,3,6H2,1H3. The molecule has 0 saturated carbocycles. The fraction of sp³-hybridized carbons (Fsp3) is 0.176. The first kappa shape index (κ1) is 18.2. The van der Waals surface area contributed by atoms with Crippen molar-refractivity contribution in [2.45, 2.75) is 13.3 Å². The summed E-state index contributed by atoms with van der Waals surface area (Å²) in [5.41, 5.74) is 0.427. The highest BCUT2D eigenvalue weighted by Crippen LogP contribution is 2.36. The highest BCUT2D eigenvalue weighted by Gasteiger charge is 2.17. The second-order valence-electron chi connectivity index (χ2n) is 4.69. The van der Waals surface area contributed by atoms with Crippen LogP contribution in [0.4, 0.5) is 10.1 Å². The zero-order valence-electron chi connectivity index (χ0n) is 12.6. The number of hydrogen-bond acceptors (Lipinski definition) is 3. The molecule has 0 N–H and O–H groups in total. The lowest BCUT2D eigenvalue weighted by atomic mass is 10.1. The van der Waals surface area contributed by atoms with Gasteiger partial charge in [0, 0.05) is 10.6 Å². The molecule has 124 valence electrons. The minimum absolute atomic E-state index is 0.0880. The van der Waals surface area contributed by atoms with Crippen LogP contribution in [0.15, 0.2) is 34.8 Å². The second-order valence-corrected chi connectivity index (χ2v) is 5.98. The maximum absolute atomic E-state index is 14.6. The van der Waals surface area contributed by atoms with E-state index in [4.69, 9.17) is 27.6 Å². The summed E-state index contributed by atoms with van der Waals surface area (Å²) in [6.07, 6.45) is -0.202. The quantitative estimate of drug-likeness (QED) is 0.468. The van der Waals surface area contributed by atoms with E-state index in [-0.39, 0.29) is 35.8 Å². The van der Waals surface area contributed by atoms with Crippen molar-refractivity contribution >= 4 is 39.2 Å². The van der Waals surface area contributed by atoms with E-state index >= 15 is 0 Å². The maximum Gasteiger partial charge on any atom is 0.310 e. The fourth-order valence-electron chi connectivity index (χ4n) is 1.96. The monoisotopic (exact) mass is 411 g/mol. The minimum Gasteiger partial charge on any atom is -0.466 e. The molecule has 7 heteroatoms. The number of benzene rings is 2. The van der Waals surface area contributed by atoms with Crippen LogP contribution < -0.4 is 4.74 Å². The van der Waals surface area contributed by atoms with E-state index in [1.165, 1.54) is 24.3 Å². The smallest absolute Gasteiger partial charge is 0.310 e. The Morgan fingerprint density at radius 1 is 1.38 bits per heavy atom. The molecule has 2 aromatic carbocycles. The van der Waals surface area contributed by atoms with Gasteiger partial charge in [-0.25, -0.2) is 9.24 Å². The molecule has 2 aromatic rings. The normalized spacial score (nSPS) is 10.1. The molecule has 0 saturated heterocycles. The SMILES string of the molecule is [C-]#[N+]c1cc(Cl)cc(Oc2c(Br)ccc(CC(=O)OCC)c2F)c1. The Balaban J connectivity index is 2.35. The van der Waals surface area contributed by atoms with E-state index in [0.717, 1.165) is 0 Å². The molecule has 0 radical (unpaired) electrons. The van der Waals surface area contributed by atoms with Crippen LogP contribution in [0.2, 0.25) is 5.02 Å². The number of esters is 1. The summed E-state index contributed by atoms with van der Waals surface area (Å²) in [7, 11) is 0. The topological polar surface area (TPSA) is 39.9 Å². The predicted octanol–water partition coefficient (Wildman–Crippen LogP) is 5.69. The third kappa shape index (κ3) is 4.47. The van der Waals surface area contributed by atoms with Gasteiger partial charge in [-0.15, -0.1) is 0 Å². The zero-order chi connectivity index (χ0) is 17.7. The molecule has 2 rings (SSSR count). The Morgan fingerprint density at radius 3 is 2.79 bits per heavy atom. The van der Waals surface area contributed by atoms with Gasteiger partial charge in [-0.3, -0.25) is 4.79 Å². The summed E-state index contributed by atoms with van der Waals surface area (Å²) in [6, 6.07) is 7.45. The lowest BCUT2D eigenvalue weighted by molar-refractivity contribution is -0.142. The zero-order valence-corrected chi connectivity index (χ0v) is 14.9. The van der Waals surface area contributed by atoms with Crippen LogP contribution in [-0.2, 0) is 16.0 Å². The van der Waals surface area contributed by atoms with Gasteiger partial charge in [0.15, 0.2) is 17.3 Å². The largest absolute Gasteiger partial charge is 0.466 e. The Bertz CT molecular complexity index is 820. The molecule has 0 unspecified atom stereocenters. The van der Waals surface area contributed by atoms with Crippen molar-refractivity contribution in [1.82, 2.24) is 0 Å². The van der Waals surface area contributed by atoms with E-state index < -0.39 is 11.8 Å². The summed E-state index contributed by atoms with van der Waals surface area (Å²) in [5, 5.41) is 0.303. The van der Waals surface area contributed by atoms with Crippen LogP contribution in [0.5, 0.6) is 11.5 Å². The molecule has 4 nitrogen and oxygen atoms in total. The van der Waals surface area contributed by atoms with Crippen molar-refractivity contribution in [3.05, 3.63) is 62.6 Å². The third-order valence-electron chi connectivity index (χ3n) is 2.97. The Morgan fingerprint density at radius 2 is 2.12 bits per heavy atom. The van der Waals surface area contributed by atoms with E-state index in [1.54, 1.807) is 13.0 Å². The van der Waals surface area contributed by atoms with Gasteiger partial charge in [0.2, 0.25) is 0 Å². The number of ether oxygens (including phenoxy) is 2. The number of carbonyl (C=O) groups is 1. The molecule has 24 heavy (non-hydrogen) atoms. The number of carbonyl (C=O) groups excluding carboxylic acids is 1. The maximum atomic E-state index is 14.6. The van der Waals surface area contributed by atoms with Gasteiger partial charge in [0.05, 0.1) is 24.1 Å². The molecular weight excluding hydrogens is 401 g/mol. The van der Waals surface area contributed by atoms with Gasteiger partial charge in [0.25, 0.3) is 0 Å². The van der Waals surface area contributed by atoms with Gasteiger partial charge in [-0.1, -0.05) is 17.7 Å². The van der Waals surface area contributed by atoms with Crippen molar-refractivity contribution in [3.63, 3.8) is 0 Å². The lowest BCUT2D eigenvalue weighted by Gasteiger charge is -2.12. The summed E-state index contributed by atoms with van der Waals surface area (Å²) in [5.74, 6) is -1.07. The van der Waals surface area contributed by atoms with Gasteiger partial charge >= 0.3 is 5.97 Å². The van der Waals surface area contributed by atoms with Crippen LogP contribution in [0.3, 0.4) is 0 Å². The Labute approximate surface area is 152 Å². The predicted molar refractivity (Wildman–Crippen MR) is 92.2 cm³/mol. The molecule has 0 aliphatic heterocycles. The summed E-state index contributed by atoms with van der Waals surface area (Å²) >= 11 is 9.13. The van der Waals surface area contributed by atoms with Crippen LogP contribution in [-0.4, -0.2) is 12.6 Å². The van der Waals surface area contributed by atoms with Crippen molar-refractivity contribution < 1.29 is 18.7 Å². The number of hydrogen-bond donors (Lipinski definition) is 0. The van der Waals surface area contributed by atoms with Gasteiger partial charge in [0.1, 0.15) is 5.75 Å². The van der Waals surface area contributed by atoms with Crippen molar-refractivity contribution in [2.75, 3.05) is 6.61 Å². The Hall–Kier alpha value is -2.10. The second kappa shape index (κ2) is 8.13. The highest BCUT2D eigenvalue weighted by atomic mass is 79.9. The minimum atomic E-state index is -0.679. The molecule has 0 aliphatic carbocycles. The molecule has 0 bridgehead atoms. The summed E-state index contributed by atoms with van der Waals surface area (Å²) in [6.45, 7) is 8.93. The lowest BCUT2D eigenvalue weighted by Crippen LogP contribution is -2.09. The van der Waals surface area contributed by atoms with Gasteiger partial charge < -0.3 is 9.47 Å². The van der Waals surface area contributed by atoms with Crippen LogP contribution >= 0.6 is 27.5 Å². The van der Waals surface area contributed by atoms with Gasteiger partial charge in [-0.05, 0) is 47.1 Å². The van der Waals surface area contributed by atoms with Gasteiger partial charge in [-0.2, -0.15) is 0 Å². The van der Waals surface area contributed by atoms with E-state index in [0.29, 0.717) is 9.50 Å². The number of halogens is 3. The third-order valence-corrected chi connectivity index (χ3v) is 3.82. The number of nitrogens with zero attached hydrogens (tertiary/aromatic N) is 1. The first-order valence-electron chi connectivity index (χ1n) is 6.93.